The fourth-order valence-corrected chi connectivity index (χ4v) is 1.05. The number of ketones is 1. The van der Waals surface area contributed by atoms with E-state index in [1.165, 1.54) is 0 Å². The quantitative estimate of drug-likeness (QED) is 0.208. The van der Waals surface area contributed by atoms with Gasteiger partial charge in [0.15, 0.2) is 6.10 Å². The smallest absolute Gasteiger partial charge is 0.394 e. The van der Waals surface area contributed by atoms with Crippen molar-refractivity contribution < 1.29 is 48.9 Å². The van der Waals surface area contributed by atoms with Crippen molar-refractivity contribution in [2.45, 2.75) is 18.3 Å². The summed E-state index contributed by atoms with van der Waals surface area (Å²) >= 11 is 0. The van der Waals surface area contributed by atoms with Crippen molar-refractivity contribution >= 4 is 19.6 Å². The van der Waals surface area contributed by atoms with Gasteiger partial charge in [0.1, 0.15) is 12.2 Å². The van der Waals surface area contributed by atoms with Crippen molar-refractivity contribution in [3.05, 3.63) is 0 Å². The molecule has 6 N–H and O–H groups in total. The average molecular weight is 274 g/mol. The Morgan fingerprint density at radius 3 is 2.00 bits per heavy atom. The molecule has 0 saturated heterocycles. The first-order valence-corrected chi connectivity index (χ1v) is 5.61. The molecule has 0 aliphatic carbocycles. The molecule has 0 spiro atoms. The lowest BCUT2D eigenvalue weighted by molar-refractivity contribution is -0.158. The molecule has 0 radical (unpaired) electrons. The van der Waals surface area contributed by atoms with E-state index < -0.39 is 44.5 Å². The van der Waals surface area contributed by atoms with Crippen LogP contribution in [0.5, 0.6) is 0 Å². The number of phosphoric acid groups is 1. The van der Waals surface area contributed by atoms with Gasteiger partial charge < -0.3 is 24.9 Å². The number of hydrogen-bond donors (Lipinski definition) is 6. The van der Waals surface area contributed by atoms with Gasteiger partial charge in [-0.1, -0.05) is 0 Å². The van der Waals surface area contributed by atoms with Gasteiger partial charge in [-0.05, 0) is 0 Å². The second-order valence-corrected chi connectivity index (χ2v) is 4.08. The Bertz CT molecular complexity index is 334. The van der Waals surface area contributed by atoms with Gasteiger partial charge in [0, 0.05) is 0 Å². The predicted octanol–water partition coefficient (Wildman–Crippen LogP) is -3.73. The molecule has 0 aliphatic heterocycles. The fourth-order valence-electron chi connectivity index (χ4n) is 0.747. The van der Waals surface area contributed by atoms with Crippen LogP contribution in [-0.4, -0.2) is 66.9 Å². The molecule has 10 nitrogen and oxygen atoms in total. The van der Waals surface area contributed by atoms with Crippen molar-refractivity contribution in [2.75, 3.05) is 6.61 Å². The highest BCUT2D eigenvalue weighted by atomic mass is 31.2. The summed E-state index contributed by atoms with van der Waals surface area (Å²) in [6.07, 6.45) is -6.58. The second kappa shape index (κ2) is 6.17. The number of rotatable bonds is 6. The lowest BCUT2D eigenvalue weighted by Gasteiger charge is -2.19. The zero-order valence-corrected chi connectivity index (χ0v) is 9.10. The van der Waals surface area contributed by atoms with E-state index in [0.717, 1.165) is 0 Å². The molecule has 100 valence electrons. The number of Topliss-reactive ketones (excluding diaryl/α,β-unsaturated/α-hetero) is 1. The van der Waals surface area contributed by atoms with E-state index in [-0.39, 0.29) is 0 Å². The summed E-state index contributed by atoms with van der Waals surface area (Å²) in [7, 11) is -5.25. The molecule has 0 unspecified atom stereocenters. The van der Waals surface area contributed by atoms with E-state index >= 15 is 0 Å². The summed E-state index contributed by atoms with van der Waals surface area (Å²) in [5.74, 6) is -3.94. The Morgan fingerprint density at radius 1 is 1.18 bits per heavy atom. The van der Waals surface area contributed by atoms with Crippen LogP contribution in [0.3, 0.4) is 0 Å². The summed E-state index contributed by atoms with van der Waals surface area (Å²) in [5, 5.41) is 35.3. The maximum Gasteiger partial charge on any atom is 0.527 e. The van der Waals surface area contributed by atoms with Crippen LogP contribution in [0.4, 0.5) is 0 Å². The van der Waals surface area contributed by atoms with Crippen LogP contribution < -0.4 is 0 Å². The molecule has 3 atom stereocenters. The molecule has 0 rings (SSSR count). The summed E-state index contributed by atoms with van der Waals surface area (Å²) in [4.78, 5) is 38.1. The van der Waals surface area contributed by atoms with Gasteiger partial charge in [0.25, 0.3) is 5.78 Å². The Balaban J connectivity index is 4.60. The third-order valence-electron chi connectivity index (χ3n) is 1.58. The molecule has 0 aromatic heterocycles. The minimum Gasteiger partial charge on any atom is -0.394 e. The van der Waals surface area contributed by atoms with Crippen LogP contribution in [0.15, 0.2) is 0 Å². The molecular weight excluding hydrogens is 263 g/mol. The highest BCUT2D eigenvalue weighted by Crippen LogP contribution is 2.36. The Labute approximate surface area is 94.3 Å². The van der Waals surface area contributed by atoms with E-state index in [0.29, 0.717) is 0 Å². The van der Waals surface area contributed by atoms with E-state index in [2.05, 4.69) is 4.52 Å². The van der Waals surface area contributed by atoms with E-state index in [9.17, 15) is 14.2 Å². The predicted molar refractivity (Wildman–Crippen MR) is 48.2 cm³/mol. The Hall–Kier alpha value is -0.870. The standard InChI is InChI=1S/C6H11O10P/c7-1-2(8)3(9)4(10)5(11)6(12)16-17(13,14)15/h2-4,7-10H,1H2,(H2,13,14,15)/t2-,3+,4-/m0/s1. The molecule has 0 fully saturated rings. The number of aliphatic hydroxyl groups is 4. The number of carbonyl (C=O) groups excluding carboxylic acids is 2. The largest absolute Gasteiger partial charge is 0.527 e. The zero-order valence-electron chi connectivity index (χ0n) is 8.20. The number of hydrogen-bond acceptors (Lipinski definition) is 8. The maximum atomic E-state index is 11.0. The first-order valence-electron chi connectivity index (χ1n) is 4.08. The van der Waals surface area contributed by atoms with Crippen LogP contribution in [0.1, 0.15) is 0 Å². The van der Waals surface area contributed by atoms with E-state index in [1.54, 1.807) is 0 Å². The van der Waals surface area contributed by atoms with Crippen molar-refractivity contribution in [2.24, 2.45) is 0 Å². The van der Waals surface area contributed by atoms with Crippen molar-refractivity contribution in [3.8, 4) is 0 Å². The first-order chi connectivity index (χ1) is 7.60. The normalized spacial score (nSPS) is 17.1. The van der Waals surface area contributed by atoms with Crippen LogP contribution in [0, 0.1) is 0 Å². The molecule has 0 aliphatic rings. The van der Waals surface area contributed by atoms with Crippen molar-refractivity contribution in [3.63, 3.8) is 0 Å². The van der Waals surface area contributed by atoms with Gasteiger partial charge in [-0.3, -0.25) is 14.6 Å². The fraction of sp³-hybridized carbons (Fsp3) is 0.667. The van der Waals surface area contributed by atoms with Gasteiger partial charge in [0.05, 0.1) is 6.61 Å². The second-order valence-electron chi connectivity index (χ2n) is 2.92. The topological polar surface area (TPSA) is 182 Å². The van der Waals surface area contributed by atoms with Gasteiger partial charge in [0.2, 0.25) is 0 Å². The molecule has 0 saturated carbocycles. The molecule has 17 heavy (non-hydrogen) atoms. The minimum absolute atomic E-state index is 1.00. The SMILES string of the molecule is O=C(OP(=O)(O)O)C(=O)[C@@H](O)[C@H](O)[C@@H](O)CO. The summed E-state index contributed by atoms with van der Waals surface area (Å²) < 4.78 is 13.5. The van der Waals surface area contributed by atoms with E-state index in [1.807, 2.05) is 0 Å². The molecule has 0 amide bonds. The Kier molecular flexibility index (Phi) is 5.85. The summed E-state index contributed by atoms with van der Waals surface area (Å²) in [5.41, 5.74) is 0. The molecule has 0 bridgehead atoms. The molecular formula is C6H11O10P. The number of aliphatic hydroxyl groups excluding tert-OH is 4. The van der Waals surface area contributed by atoms with Gasteiger partial charge in [-0.2, -0.15) is 0 Å². The minimum atomic E-state index is -5.25. The summed E-state index contributed by atoms with van der Waals surface area (Å²) in [6.45, 7) is -1.00. The van der Waals surface area contributed by atoms with Crippen LogP contribution in [0.2, 0.25) is 0 Å². The van der Waals surface area contributed by atoms with Crippen molar-refractivity contribution in [1.82, 2.24) is 0 Å². The number of carbonyl (C=O) groups is 2. The third kappa shape index (κ3) is 5.33. The molecule has 0 aromatic rings. The number of phosphoric ester groups is 1. The highest BCUT2D eigenvalue weighted by Gasteiger charge is 2.37. The first kappa shape index (κ1) is 16.1. The summed E-state index contributed by atoms with van der Waals surface area (Å²) in [6, 6.07) is 0. The van der Waals surface area contributed by atoms with Gasteiger partial charge >= 0.3 is 13.8 Å². The zero-order chi connectivity index (χ0) is 13.8. The highest BCUT2D eigenvalue weighted by molar-refractivity contribution is 7.47. The lowest BCUT2D eigenvalue weighted by atomic mass is 10.1. The third-order valence-corrected chi connectivity index (χ3v) is 1.98. The van der Waals surface area contributed by atoms with Crippen LogP contribution in [0.25, 0.3) is 0 Å². The monoisotopic (exact) mass is 274 g/mol. The molecule has 0 heterocycles. The van der Waals surface area contributed by atoms with Crippen LogP contribution >= 0.6 is 7.82 Å². The lowest BCUT2D eigenvalue weighted by Crippen LogP contribution is -2.46. The average Bonchev–Trinajstić information content (AvgIpc) is 2.22. The Morgan fingerprint density at radius 2 is 1.65 bits per heavy atom. The molecule has 0 aromatic carbocycles. The van der Waals surface area contributed by atoms with Gasteiger partial charge in [-0.15, -0.1) is 0 Å². The maximum absolute atomic E-state index is 11.0. The van der Waals surface area contributed by atoms with Gasteiger partial charge in [-0.25, -0.2) is 9.36 Å². The molecule has 11 heteroatoms. The van der Waals surface area contributed by atoms with E-state index in [4.69, 9.17) is 30.2 Å². The van der Waals surface area contributed by atoms with Crippen LogP contribution in [-0.2, 0) is 18.7 Å². The van der Waals surface area contributed by atoms with Crippen molar-refractivity contribution in [1.29, 1.82) is 0 Å².